The van der Waals surface area contributed by atoms with Crippen LogP contribution in [0.25, 0.3) is 0 Å². The molecule has 2 atom stereocenters. The minimum Gasteiger partial charge on any atom is -0.335 e. The zero-order chi connectivity index (χ0) is 16.8. The predicted octanol–water partition coefficient (Wildman–Crippen LogP) is 2.16. The number of hydrogen-bond donors (Lipinski definition) is 0. The summed E-state index contributed by atoms with van der Waals surface area (Å²) in [6, 6.07) is 0.193. The van der Waals surface area contributed by atoms with Crippen molar-refractivity contribution >= 4 is 5.91 Å². The van der Waals surface area contributed by atoms with Crippen LogP contribution < -0.4 is 0 Å². The van der Waals surface area contributed by atoms with E-state index >= 15 is 0 Å². The largest absolute Gasteiger partial charge is 0.335 e. The molecule has 0 N–H and O–H groups in total. The molecule has 1 saturated heterocycles. The summed E-state index contributed by atoms with van der Waals surface area (Å²) in [5, 5.41) is 4.55. The van der Waals surface area contributed by atoms with E-state index in [-0.39, 0.29) is 12.0 Å². The van der Waals surface area contributed by atoms with Gasteiger partial charge in [0.25, 0.3) is 0 Å². The van der Waals surface area contributed by atoms with Crippen LogP contribution in [0, 0.1) is 19.8 Å². The first kappa shape index (κ1) is 15.4. The number of carbonyl (C=O) groups excluding carboxylic acids is 1. The molecule has 6 heteroatoms. The Balaban J connectivity index is 1.58. The number of aromatic nitrogens is 4. The maximum Gasteiger partial charge on any atom is 0.226 e. The third-order valence-electron chi connectivity index (χ3n) is 5.76. The number of amides is 1. The minimum atomic E-state index is 0.0899. The highest BCUT2D eigenvalue weighted by Crippen LogP contribution is 2.37. The molecular weight excluding hydrogens is 302 g/mol. The Kier molecular flexibility index (Phi) is 3.70. The summed E-state index contributed by atoms with van der Waals surface area (Å²) in [5.74, 6) is 0.402. The molecule has 0 aromatic carbocycles. The van der Waals surface area contributed by atoms with Gasteiger partial charge in [0.15, 0.2) is 0 Å². The highest BCUT2D eigenvalue weighted by molar-refractivity contribution is 5.80. The van der Waals surface area contributed by atoms with Crippen LogP contribution in [-0.4, -0.2) is 36.7 Å². The summed E-state index contributed by atoms with van der Waals surface area (Å²) in [6.45, 7) is 5.93. The summed E-state index contributed by atoms with van der Waals surface area (Å²) in [6.07, 6.45) is 7.62. The molecule has 24 heavy (non-hydrogen) atoms. The zero-order valence-electron chi connectivity index (χ0n) is 14.7. The van der Waals surface area contributed by atoms with Gasteiger partial charge in [0.2, 0.25) is 5.91 Å². The average molecular weight is 327 g/mol. The number of fused-ring (bicyclic) bond motifs is 1. The van der Waals surface area contributed by atoms with Gasteiger partial charge in [0, 0.05) is 55.6 Å². The first-order chi connectivity index (χ1) is 11.6. The molecule has 2 unspecified atom stereocenters. The van der Waals surface area contributed by atoms with Gasteiger partial charge in [-0.05, 0) is 33.1 Å². The van der Waals surface area contributed by atoms with E-state index in [2.05, 4.69) is 33.4 Å². The van der Waals surface area contributed by atoms with Crippen LogP contribution in [-0.2, 0) is 24.8 Å². The standard InChI is InChI=1S/C18H25N5O/c1-12-17(13(2)21(3)20-12)16-5-4-7-23(16)18(24)14-6-8-22-11-19-10-15(22)9-14/h10-11,14,16H,4-9H2,1-3H3. The van der Waals surface area contributed by atoms with Gasteiger partial charge in [-0.3, -0.25) is 9.48 Å². The Morgan fingerprint density at radius 2 is 2.08 bits per heavy atom. The second-order valence-electron chi connectivity index (χ2n) is 7.17. The topological polar surface area (TPSA) is 56.0 Å². The van der Waals surface area contributed by atoms with Crippen molar-refractivity contribution in [1.82, 2.24) is 24.2 Å². The molecule has 0 spiro atoms. The van der Waals surface area contributed by atoms with Crippen LogP contribution in [0.15, 0.2) is 12.5 Å². The van der Waals surface area contributed by atoms with Crippen molar-refractivity contribution in [3.05, 3.63) is 35.2 Å². The normalized spacial score (nSPS) is 23.5. The molecule has 6 nitrogen and oxygen atoms in total. The van der Waals surface area contributed by atoms with Gasteiger partial charge in [-0.1, -0.05) is 0 Å². The van der Waals surface area contributed by atoms with Crippen molar-refractivity contribution in [3.8, 4) is 0 Å². The number of carbonyl (C=O) groups is 1. The lowest BCUT2D eigenvalue weighted by atomic mass is 9.93. The Morgan fingerprint density at radius 3 is 2.83 bits per heavy atom. The molecule has 0 saturated carbocycles. The second-order valence-corrected chi connectivity index (χ2v) is 7.17. The van der Waals surface area contributed by atoms with Crippen LogP contribution >= 0.6 is 0 Å². The Labute approximate surface area is 142 Å². The smallest absolute Gasteiger partial charge is 0.226 e. The van der Waals surface area contributed by atoms with E-state index in [0.717, 1.165) is 44.5 Å². The zero-order valence-corrected chi connectivity index (χ0v) is 14.7. The van der Waals surface area contributed by atoms with E-state index in [4.69, 9.17) is 0 Å². The van der Waals surface area contributed by atoms with E-state index in [1.165, 1.54) is 17.0 Å². The number of imidazole rings is 1. The maximum atomic E-state index is 13.2. The molecule has 2 aliphatic heterocycles. The Hall–Kier alpha value is -2.11. The van der Waals surface area contributed by atoms with Gasteiger partial charge < -0.3 is 9.47 Å². The van der Waals surface area contributed by atoms with Crippen molar-refractivity contribution in [1.29, 1.82) is 0 Å². The SMILES string of the molecule is Cc1nn(C)c(C)c1C1CCCN1C(=O)C1CCn2cncc2C1. The Morgan fingerprint density at radius 1 is 1.25 bits per heavy atom. The molecule has 2 aromatic rings. The third kappa shape index (κ3) is 2.36. The summed E-state index contributed by atoms with van der Waals surface area (Å²) in [4.78, 5) is 19.5. The first-order valence-corrected chi connectivity index (χ1v) is 8.86. The van der Waals surface area contributed by atoms with Gasteiger partial charge in [-0.15, -0.1) is 0 Å². The quantitative estimate of drug-likeness (QED) is 0.849. The molecule has 2 aliphatic rings. The van der Waals surface area contributed by atoms with E-state index in [1.807, 2.05) is 24.3 Å². The van der Waals surface area contributed by atoms with E-state index < -0.39 is 0 Å². The number of rotatable bonds is 2. The minimum absolute atomic E-state index is 0.0899. The van der Waals surface area contributed by atoms with E-state index in [9.17, 15) is 4.79 Å². The van der Waals surface area contributed by atoms with Gasteiger partial charge in [-0.25, -0.2) is 4.98 Å². The fourth-order valence-corrected chi connectivity index (χ4v) is 4.42. The summed E-state index contributed by atoms with van der Waals surface area (Å²) in [7, 11) is 1.98. The van der Waals surface area contributed by atoms with Crippen molar-refractivity contribution in [3.63, 3.8) is 0 Å². The fourth-order valence-electron chi connectivity index (χ4n) is 4.42. The number of hydrogen-bond acceptors (Lipinski definition) is 3. The molecule has 1 amide bonds. The molecule has 0 bridgehead atoms. The van der Waals surface area contributed by atoms with Crippen molar-refractivity contribution < 1.29 is 4.79 Å². The summed E-state index contributed by atoms with van der Waals surface area (Å²) >= 11 is 0. The predicted molar refractivity (Wildman–Crippen MR) is 90.4 cm³/mol. The molecular formula is C18H25N5O. The molecule has 4 rings (SSSR count). The van der Waals surface area contributed by atoms with Crippen molar-refractivity contribution in [2.45, 2.75) is 52.1 Å². The van der Waals surface area contributed by atoms with Gasteiger partial charge >= 0.3 is 0 Å². The van der Waals surface area contributed by atoms with Crippen LogP contribution in [0.3, 0.4) is 0 Å². The lowest BCUT2D eigenvalue weighted by Gasteiger charge is -2.31. The lowest BCUT2D eigenvalue weighted by molar-refractivity contribution is -0.137. The van der Waals surface area contributed by atoms with E-state index in [0.29, 0.717) is 5.91 Å². The number of aryl methyl sites for hydroxylation is 3. The van der Waals surface area contributed by atoms with Crippen LogP contribution in [0.2, 0.25) is 0 Å². The fraction of sp³-hybridized carbons (Fsp3) is 0.611. The third-order valence-corrected chi connectivity index (χ3v) is 5.76. The van der Waals surface area contributed by atoms with E-state index in [1.54, 1.807) is 0 Å². The highest BCUT2D eigenvalue weighted by Gasteiger charge is 2.37. The maximum absolute atomic E-state index is 13.2. The molecule has 128 valence electrons. The van der Waals surface area contributed by atoms with Crippen molar-refractivity contribution in [2.75, 3.05) is 6.54 Å². The lowest BCUT2D eigenvalue weighted by Crippen LogP contribution is -2.39. The van der Waals surface area contributed by atoms with Crippen LogP contribution in [0.5, 0.6) is 0 Å². The average Bonchev–Trinajstić information content (AvgIpc) is 3.26. The Bertz CT molecular complexity index is 774. The molecule has 0 aliphatic carbocycles. The van der Waals surface area contributed by atoms with Crippen molar-refractivity contribution in [2.24, 2.45) is 13.0 Å². The van der Waals surface area contributed by atoms with Gasteiger partial charge in [-0.2, -0.15) is 5.10 Å². The van der Waals surface area contributed by atoms with Crippen LogP contribution in [0.4, 0.5) is 0 Å². The van der Waals surface area contributed by atoms with Gasteiger partial charge in [0.05, 0.1) is 18.1 Å². The van der Waals surface area contributed by atoms with Gasteiger partial charge in [0.1, 0.15) is 0 Å². The monoisotopic (exact) mass is 327 g/mol. The molecule has 0 radical (unpaired) electrons. The number of likely N-dealkylation sites (tertiary alicyclic amines) is 1. The molecule has 1 fully saturated rings. The molecule has 2 aromatic heterocycles. The summed E-state index contributed by atoms with van der Waals surface area (Å²) in [5.41, 5.74) is 4.67. The number of nitrogens with zero attached hydrogens (tertiary/aromatic N) is 5. The second kappa shape index (κ2) is 5.76. The van der Waals surface area contributed by atoms with Crippen LogP contribution in [0.1, 0.15) is 47.9 Å². The first-order valence-electron chi connectivity index (χ1n) is 8.86. The molecule has 4 heterocycles. The highest BCUT2D eigenvalue weighted by atomic mass is 16.2. The summed E-state index contributed by atoms with van der Waals surface area (Å²) < 4.78 is 4.10.